The minimum atomic E-state index is 0.269. The Morgan fingerprint density at radius 3 is 2.33 bits per heavy atom. The molecule has 0 heterocycles. The molecule has 3 heteroatoms. The molecule has 0 unspecified atom stereocenters. The van der Waals surface area contributed by atoms with Crippen molar-refractivity contribution in [3.05, 3.63) is 0 Å². The van der Waals surface area contributed by atoms with Crippen LogP contribution in [0.15, 0.2) is 0 Å². The van der Waals surface area contributed by atoms with E-state index in [1.54, 1.807) is 0 Å². The van der Waals surface area contributed by atoms with Gasteiger partial charge < -0.3 is 10.2 Å². The van der Waals surface area contributed by atoms with Crippen LogP contribution in [-0.2, 0) is 0 Å². The van der Waals surface area contributed by atoms with Gasteiger partial charge in [-0.05, 0) is 60.0 Å². The van der Waals surface area contributed by atoms with Gasteiger partial charge in [0.15, 0.2) is 0 Å². The van der Waals surface area contributed by atoms with Crippen molar-refractivity contribution in [3.8, 4) is 0 Å². The Labute approximate surface area is 100 Å². The first kappa shape index (κ1) is 15.3. The molecule has 0 saturated carbocycles. The van der Waals surface area contributed by atoms with E-state index in [1.165, 1.54) is 31.7 Å². The van der Waals surface area contributed by atoms with Gasteiger partial charge in [-0.3, -0.25) is 0 Å². The molecule has 0 aliphatic rings. The summed E-state index contributed by atoms with van der Waals surface area (Å²) in [6, 6.07) is 0. The van der Waals surface area contributed by atoms with Crippen LogP contribution >= 0.6 is 11.8 Å². The topological polar surface area (TPSA) is 15.3 Å². The van der Waals surface area contributed by atoms with Crippen LogP contribution in [0.4, 0.5) is 0 Å². The second-order valence-corrected chi connectivity index (χ2v) is 6.17. The van der Waals surface area contributed by atoms with Crippen LogP contribution in [0.2, 0.25) is 0 Å². The first-order chi connectivity index (χ1) is 6.95. The molecule has 0 aromatic rings. The second kappa shape index (κ2) is 8.43. The van der Waals surface area contributed by atoms with Crippen LogP contribution in [-0.4, -0.2) is 49.1 Å². The third-order valence-electron chi connectivity index (χ3n) is 2.30. The van der Waals surface area contributed by atoms with Gasteiger partial charge in [0.25, 0.3) is 0 Å². The van der Waals surface area contributed by atoms with Gasteiger partial charge in [0.05, 0.1) is 0 Å². The molecule has 0 bridgehead atoms. The molecule has 0 aromatic heterocycles. The Balaban J connectivity index is 3.23. The third-order valence-corrected chi connectivity index (χ3v) is 2.89. The van der Waals surface area contributed by atoms with E-state index >= 15 is 0 Å². The monoisotopic (exact) mass is 232 g/mol. The highest BCUT2D eigenvalue weighted by molar-refractivity contribution is 7.98. The zero-order valence-corrected chi connectivity index (χ0v) is 11.9. The van der Waals surface area contributed by atoms with Crippen molar-refractivity contribution in [2.24, 2.45) is 0 Å². The van der Waals surface area contributed by atoms with Crippen LogP contribution in [0.1, 0.15) is 33.6 Å². The van der Waals surface area contributed by atoms with E-state index in [0.717, 1.165) is 6.54 Å². The highest BCUT2D eigenvalue weighted by Gasteiger charge is 2.07. The van der Waals surface area contributed by atoms with Crippen LogP contribution in [0.5, 0.6) is 0 Å². The van der Waals surface area contributed by atoms with E-state index in [2.05, 4.69) is 44.3 Å². The van der Waals surface area contributed by atoms with Crippen molar-refractivity contribution >= 4 is 11.8 Å². The number of hydrogen-bond donors (Lipinski definition) is 1. The molecule has 0 fully saturated rings. The van der Waals surface area contributed by atoms with Crippen molar-refractivity contribution in [1.29, 1.82) is 0 Å². The summed E-state index contributed by atoms with van der Waals surface area (Å²) in [5.41, 5.74) is 0.269. The first-order valence-electron chi connectivity index (χ1n) is 5.88. The van der Waals surface area contributed by atoms with Crippen molar-refractivity contribution in [3.63, 3.8) is 0 Å². The highest BCUT2D eigenvalue weighted by Crippen LogP contribution is 2.00. The van der Waals surface area contributed by atoms with Crippen molar-refractivity contribution < 1.29 is 0 Å². The van der Waals surface area contributed by atoms with E-state index in [1.807, 2.05) is 11.8 Å². The summed E-state index contributed by atoms with van der Waals surface area (Å²) in [5.74, 6) is 1.25. The molecule has 92 valence electrons. The first-order valence-corrected chi connectivity index (χ1v) is 7.27. The fraction of sp³-hybridized carbons (Fsp3) is 1.00. The molecule has 0 amide bonds. The Morgan fingerprint density at radius 1 is 1.13 bits per heavy atom. The molecule has 0 spiro atoms. The third kappa shape index (κ3) is 12.2. The van der Waals surface area contributed by atoms with E-state index in [9.17, 15) is 0 Å². The highest BCUT2D eigenvalue weighted by atomic mass is 32.2. The fourth-order valence-electron chi connectivity index (χ4n) is 1.33. The van der Waals surface area contributed by atoms with Crippen LogP contribution in [0.25, 0.3) is 0 Å². The van der Waals surface area contributed by atoms with Crippen LogP contribution in [0.3, 0.4) is 0 Å². The Morgan fingerprint density at radius 2 is 1.80 bits per heavy atom. The van der Waals surface area contributed by atoms with Crippen LogP contribution < -0.4 is 5.32 Å². The van der Waals surface area contributed by atoms with Crippen molar-refractivity contribution in [2.75, 3.05) is 38.7 Å². The molecular weight excluding hydrogens is 204 g/mol. The minimum absolute atomic E-state index is 0.269. The Bertz CT molecular complexity index is 143. The average molecular weight is 232 g/mol. The molecule has 0 rings (SSSR count). The van der Waals surface area contributed by atoms with Crippen LogP contribution in [0, 0.1) is 0 Å². The van der Waals surface area contributed by atoms with Crippen molar-refractivity contribution in [2.45, 2.75) is 39.2 Å². The SMILES string of the molecule is CSCCN(C)CCCCNC(C)(C)C. The van der Waals surface area contributed by atoms with Gasteiger partial charge in [-0.2, -0.15) is 11.8 Å². The number of nitrogens with zero attached hydrogens (tertiary/aromatic N) is 1. The minimum Gasteiger partial charge on any atom is -0.312 e. The fourth-order valence-corrected chi connectivity index (χ4v) is 1.82. The quantitative estimate of drug-likeness (QED) is 0.647. The molecule has 0 saturated heterocycles. The zero-order chi connectivity index (χ0) is 11.7. The lowest BCUT2D eigenvalue weighted by Gasteiger charge is -2.21. The number of rotatable bonds is 8. The second-order valence-electron chi connectivity index (χ2n) is 5.18. The normalized spacial score (nSPS) is 12.4. The summed E-state index contributed by atoms with van der Waals surface area (Å²) in [5, 5.41) is 3.52. The van der Waals surface area contributed by atoms with Gasteiger partial charge in [-0.1, -0.05) is 0 Å². The summed E-state index contributed by atoms with van der Waals surface area (Å²) in [7, 11) is 2.22. The smallest absolute Gasteiger partial charge is 0.00965 e. The molecule has 0 aliphatic carbocycles. The standard InChI is InChI=1S/C12H28N2S/c1-12(2,3)13-8-6-7-9-14(4)10-11-15-5/h13H,6-11H2,1-5H3. The maximum Gasteiger partial charge on any atom is 0.00965 e. The molecule has 1 N–H and O–H groups in total. The average Bonchev–Trinajstić information content (AvgIpc) is 2.12. The number of nitrogens with one attached hydrogen (secondary N) is 1. The predicted molar refractivity (Wildman–Crippen MR) is 72.9 cm³/mol. The summed E-state index contributed by atoms with van der Waals surface area (Å²) in [6.07, 6.45) is 4.75. The largest absolute Gasteiger partial charge is 0.312 e. The van der Waals surface area contributed by atoms with E-state index in [0.29, 0.717) is 0 Å². The van der Waals surface area contributed by atoms with Crippen molar-refractivity contribution in [1.82, 2.24) is 10.2 Å². The molecule has 2 nitrogen and oxygen atoms in total. The van der Waals surface area contributed by atoms with Gasteiger partial charge in [0, 0.05) is 17.8 Å². The van der Waals surface area contributed by atoms with E-state index < -0.39 is 0 Å². The summed E-state index contributed by atoms with van der Waals surface area (Å²) >= 11 is 1.92. The van der Waals surface area contributed by atoms with E-state index in [4.69, 9.17) is 0 Å². The summed E-state index contributed by atoms with van der Waals surface area (Å²) in [4.78, 5) is 2.42. The lowest BCUT2D eigenvalue weighted by Crippen LogP contribution is -2.36. The van der Waals surface area contributed by atoms with Gasteiger partial charge in [0.1, 0.15) is 0 Å². The van der Waals surface area contributed by atoms with E-state index in [-0.39, 0.29) is 5.54 Å². The molecule has 15 heavy (non-hydrogen) atoms. The Hall–Kier alpha value is 0.270. The zero-order valence-electron chi connectivity index (χ0n) is 11.1. The van der Waals surface area contributed by atoms with Gasteiger partial charge in [-0.15, -0.1) is 0 Å². The molecule has 0 radical (unpaired) electrons. The summed E-state index contributed by atoms with van der Waals surface area (Å²) in [6.45, 7) is 10.2. The Kier molecular flexibility index (Phi) is 8.58. The molecular formula is C12H28N2S. The summed E-state index contributed by atoms with van der Waals surface area (Å²) < 4.78 is 0. The van der Waals surface area contributed by atoms with Gasteiger partial charge in [0.2, 0.25) is 0 Å². The molecule has 0 aromatic carbocycles. The number of unbranched alkanes of at least 4 members (excludes halogenated alkanes) is 1. The predicted octanol–water partition coefficient (Wildman–Crippen LogP) is 2.45. The van der Waals surface area contributed by atoms with Gasteiger partial charge >= 0.3 is 0 Å². The number of thioether (sulfide) groups is 1. The molecule has 0 aliphatic heterocycles. The lowest BCUT2D eigenvalue weighted by atomic mass is 10.1. The molecule has 0 atom stereocenters. The maximum absolute atomic E-state index is 3.52. The van der Waals surface area contributed by atoms with Gasteiger partial charge in [-0.25, -0.2) is 0 Å². The number of hydrogen-bond acceptors (Lipinski definition) is 3. The maximum atomic E-state index is 3.52. The lowest BCUT2D eigenvalue weighted by molar-refractivity contribution is 0.338.